The van der Waals surface area contributed by atoms with Gasteiger partial charge in [-0.1, -0.05) is 49.5 Å². The van der Waals surface area contributed by atoms with Crippen LogP contribution in [0.1, 0.15) is 24.1 Å². The molecule has 5 heteroatoms. The Hall–Kier alpha value is -0.0300. The van der Waals surface area contributed by atoms with Crippen molar-refractivity contribution in [2.75, 3.05) is 5.32 Å². The van der Waals surface area contributed by atoms with E-state index in [9.17, 15) is 0 Å². The van der Waals surface area contributed by atoms with Crippen LogP contribution in [0.5, 0.6) is 0 Å². The SMILES string of the molecule is Cc1cc(Br)c(NC(C)c2ccc(Br)cc2Br)cc1Cl. The van der Waals surface area contributed by atoms with Crippen molar-refractivity contribution in [3.63, 3.8) is 0 Å². The molecule has 0 radical (unpaired) electrons. The predicted molar refractivity (Wildman–Crippen MR) is 97.8 cm³/mol. The highest BCUT2D eigenvalue weighted by molar-refractivity contribution is 9.11. The lowest BCUT2D eigenvalue weighted by atomic mass is 10.1. The standard InChI is InChI=1S/C15H13Br3ClN/c1-8-5-13(18)15(7-14(8)19)20-9(2)11-4-3-10(16)6-12(11)17/h3-7,9,20H,1-2H3. The van der Waals surface area contributed by atoms with E-state index in [4.69, 9.17) is 11.6 Å². The summed E-state index contributed by atoms with van der Waals surface area (Å²) in [6.07, 6.45) is 0. The van der Waals surface area contributed by atoms with Crippen LogP contribution in [-0.2, 0) is 0 Å². The minimum absolute atomic E-state index is 0.160. The van der Waals surface area contributed by atoms with Crippen LogP contribution in [0.25, 0.3) is 0 Å². The molecule has 1 unspecified atom stereocenters. The average molecular weight is 482 g/mol. The fourth-order valence-corrected chi connectivity index (χ4v) is 4.05. The molecule has 0 aliphatic carbocycles. The Morgan fingerprint density at radius 2 is 1.75 bits per heavy atom. The molecule has 0 heterocycles. The summed E-state index contributed by atoms with van der Waals surface area (Å²) >= 11 is 16.8. The molecular weight excluding hydrogens is 469 g/mol. The molecule has 0 amide bonds. The molecule has 1 atom stereocenters. The Bertz CT molecular complexity index is 643. The van der Waals surface area contributed by atoms with Gasteiger partial charge in [0.15, 0.2) is 0 Å². The predicted octanol–water partition coefficient (Wildman–Crippen LogP) is 7.11. The molecule has 2 rings (SSSR count). The van der Waals surface area contributed by atoms with Crippen molar-refractivity contribution in [3.05, 3.63) is 59.9 Å². The first-order valence-corrected chi connectivity index (χ1v) is 8.81. The molecule has 20 heavy (non-hydrogen) atoms. The largest absolute Gasteiger partial charge is 0.378 e. The van der Waals surface area contributed by atoms with Gasteiger partial charge in [0.25, 0.3) is 0 Å². The van der Waals surface area contributed by atoms with Crippen LogP contribution in [-0.4, -0.2) is 0 Å². The molecule has 2 aromatic rings. The van der Waals surface area contributed by atoms with Gasteiger partial charge in [-0.3, -0.25) is 0 Å². The molecule has 1 N–H and O–H groups in total. The Morgan fingerprint density at radius 1 is 1.05 bits per heavy atom. The monoisotopic (exact) mass is 479 g/mol. The average Bonchev–Trinajstić information content (AvgIpc) is 2.35. The summed E-state index contributed by atoms with van der Waals surface area (Å²) in [6, 6.07) is 10.3. The fourth-order valence-electron chi connectivity index (χ4n) is 1.92. The lowest BCUT2D eigenvalue weighted by molar-refractivity contribution is 0.877. The maximum atomic E-state index is 6.19. The number of rotatable bonds is 3. The number of aryl methyl sites for hydroxylation is 1. The Kier molecular flexibility index (Phi) is 5.57. The van der Waals surface area contributed by atoms with Gasteiger partial charge in [-0.2, -0.15) is 0 Å². The second kappa shape index (κ2) is 6.82. The highest BCUT2D eigenvalue weighted by Crippen LogP contribution is 2.34. The van der Waals surface area contributed by atoms with Gasteiger partial charge in [0, 0.05) is 24.5 Å². The summed E-state index contributed by atoms with van der Waals surface area (Å²) in [6.45, 7) is 4.11. The number of halogens is 4. The molecule has 0 spiro atoms. The summed E-state index contributed by atoms with van der Waals surface area (Å²) in [5.41, 5.74) is 3.24. The molecule has 0 saturated carbocycles. The molecule has 0 fully saturated rings. The van der Waals surface area contributed by atoms with Crippen LogP contribution in [0.15, 0.2) is 43.7 Å². The van der Waals surface area contributed by atoms with Crippen LogP contribution in [0, 0.1) is 6.92 Å². The third-order valence-electron chi connectivity index (χ3n) is 3.05. The van der Waals surface area contributed by atoms with E-state index < -0.39 is 0 Å². The molecule has 0 aliphatic heterocycles. The fraction of sp³-hybridized carbons (Fsp3) is 0.200. The second-order valence-electron chi connectivity index (χ2n) is 4.61. The number of anilines is 1. The van der Waals surface area contributed by atoms with Gasteiger partial charge in [-0.25, -0.2) is 0 Å². The molecular formula is C15H13Br3ClN. The maximum absolute atomic E-state index is 6.19. The zero-order valence-corrected chi connectivity index (χ0v) is 16.5. The van der Waals surface area contributed by atoms with E-state index in [1.165, 1.54) is 5.56 Å². The van der Waals surface area contributed by atoms with Gasteiger partial charge < -0.3 is 5.32 Å². The molecule has 2 aromatic carbocycles. The van der Waals surface area contributed by atoms with E-state index in [0.29, 0.717) is 0 Å². The molecule has 1 nitrogen and oxygen atoms in total. The van der Waals surface area contributed by atoms with Gasteiger partial charge in [0.05, 0.1) is 5.69 Å². The van der Waals surface area contributed by atoms with E-state index in [-0.39, 0.29) is 6.04 Å². The van der Waals surface area contributed by atoms with Crippen LogP contribution in [0.4, 0.5) is 5.69 Å². The lowest BCUT2D eigenvalue weighted by Crippen LogP contribution is -2.08. The van der Waals surface area contributed by atoms with Crippen LogP contribution in [0.2, 0.25) is 5.02 Å². The number of benzene rings is 2. The highest BCUT2D eigenvalue weighted by atomic mass is 79.9. The van der Waals surface area contributed by atoms with Crippen LogP contribution in [0.3, 0.4) is 0 Å². The third-order valence-corrected chi connectivity index (χ3v) is 5.29. The number of hydrogen-bond acceptors (Lipinski definition) is 1. The molecule has 0 aromatic heterocycles. The number of hydrogen-bond donors (Lipinski definition) is 1. The van der Waals surface area contributed by atoms with Gasteiger partial charge in [-0.05, 0) is 65.2 Å². The summed E-state index contributed by atoms with van der Waals surface area (Å²) in [5, 5.41) is 4.24. The second-order valence-corrected chi connectivity index (χ2v) is 7.64. The van der Waals surface area contributed by atoms with E-state index in [1.807, 2.05) is 31.2 Å². The summed E-state index contributed by atoms with van der Waals surface area (Å²) in [5.74, 6) is 0. The maximum Gasteiger partial charge on any atom is 0.0504 e. The summed E-state index contributed by atoms with van der Waals surface area (Å²) < 4.78 is 3.14. The van der Waals surface area contributed by atoms with Crippen molar-refractivity contribution in [2.45, 2.75) is 19.9 Å². The zero-order chi connectivity index (χ0) is 14.9. The van der Waals surface area contributed by atoms with E-state index >= 15 is 0 Å². The van der Waals surface area contributed by atoms with Crippen molar-refractivity contribution in [2.24, 2.45) is 0 Å². The minimum atomic E-state index is 0.160. The van der Waals surface area contributed by atoms with Crippen LogP contribution >= 0.6 is 59.4 Å². The third kappa shape index (κ3) is 3.79. The first-order chi connectivity index (χ1) is 9.38. The van der Waals surface area contributed by atoms with Crippen molar-refractivity contribution in [1.29, 1.82) is 0 Å². The molecule has 0 aliphatic rings. The summed E-state index contributed by atoms with van der Waals surface area (Å²) in [7, 11) is 0. The van der Waals surface area contributed by atoms with Gasteiger partial charge >= 0.3 is 0 Å². The van der Waals surface area contributed by atoms with Crippen molar-refractivity contribution >= 4 is 65.1 Å². The van der Waals surface area contributed by atoms with Gasteiger partial charge in [-0.15, -0.1) is 0 Å². The Balaban J connectivity index is 2.27. The first kappa shape index (κ1) is 16.3. The summed E-state index contributed by atoms with van der Waals surface area (Å²) in [4.78, 5) is 0. The minimum Gasteiger partial charge on any atom is -0.378 e. The van der Waals surface area contributed by atoms with Gasteiger partial charge in [0.1, 0.15) is 0 Å². The normalized spacial score (nSPS) is 12.3. The zero-order valence-electron chi connectivity index (χ0n) is 11.0. The van der Waals surface area contributed by atoms with Crippen molar-refractivity contribution in [3.8, 4) is 0 Å². The first-order valence-electron chi connectivity index (χ1n) is 6.05. The van der Waals surface area contributed by atoms with E-state index in [0.717, 1.165) is 29.7 Å². The molecule has 0 bridgehead atoms. The van der Waals surface area contributed by atoms with Crippen molar-refractivity contribution in [1.82, 2.24) is 0 Å². The Morgan fingerprint density at radius 3 is 2.40 bits per heavy atom. The smallest absolute Gasteiger partial charge is 0.0504 e. The Labute approximate surface area is 149 Å². The van der Waals surface area contributed by atoms with E-state index in [2.05, 4.69) is 66.1 Å². The quantitative estimate of drug-likeness (QED) is 0.492. The van der Waals surface area contributed by atoms with E-state index in [1.54, 1.807) is 0 Å². The molecule has 0 saturated heterocycles. The topological polar surface area (TPSA) is 12.0 Å². The number of nitrogens with one attached hydrogen (secondary N) is 1. The lowest BCUT2D eigenvalue weighted by Gasteiger charge is -2.19. The van der Waals surface area contributed by atoms with Gasteiger partial charge in [0.2, 0.25) is 0 Å². The highest BCUT2D eigenvalue weighted by Gasteiger charge is 2.12. The van der Waals surface area contributed by atoms with Crippen LogP contribution < -0.4 is 5.32 Å². The molecule has 106 valence electrons. The van der Waals surface area contributed by atoms with Crippen molar-refractivity contribution < 1.29 is 0 Å².